The molecule has 214 valence electrons. The van der Waals surface area contributed by atoms with Crippen LogP contribution in [0.5, 0.6) is 0 Å². The molecule has 7 nitrogen and oxygen atoms in total. The third-order valence-corrected chi connectivity index (χ3v) is 8.77. The highest BCUT2D eigenvalue weighted by Crippen LogP contribution is 2.44. The molecule has 1 atom stereocenters. The minimum Gasteiger partial charge on any atom is -0.612 e. The first kappa shape index (κ1) is 28.8. The maximum Gasteiger partial charge on any atom is 0.224 e. The summed E-state index contributed by atoms with van der Waals surface area (Å²) < 4.78 is 26.1. The van der Waals surface area contributed by atoms with E-state index < -0.39 is 11.2 Å². The number of hydrogen-bond acceptors (Lipinski definition) is 6. The predicted molar refractivity (Wildman–Crippen MR) is 164 cm³/mol. The fourth-order valence-corrected chi connectivity index (χ4v) is 6.09. The molecule has 0 bridgehead atoms. The third kappa shape index (κ3) is 6.80. The van der Waals surface area contributed by atoms with Crippen LogP contribution in [0.25, 0.3) is 17.2 Å². The van der Waals surface area contributed by atoms with Crippen molar-refractivity contribution < 1.29 is 13.7 Å². The molecule has 1 unspecified atom stereocenters. The monoisotopic (exact) mass is 573 g/mol. The Morgan fingerprint density at radius 2 is 1.78 bits per heavy atom. The number of aromatic nitrogens is 2. The molecule has 1 saturated carbocycles. The van der Waals surface area contributed by atoms with Crippen LogP contribution < -0.4 is 15.5 Å². The number of carbonyl (C=O) groups is 1. The molecule has 0 saturated heterocycles. The van der Waals surface area contributed by atoms with Gasteiger partial charge in [-0.1, -0.05) is 6.07 Å². The van der Waals surface area contributed by atoms with Gasteiger partial charge in [-0.25, -0.2) is 9.37 Å². The summed E-state index contributed by atoms with van der Waals surface area (Å²) in [5, 5.41) is 6.66. The molecule has 0 radical (unpaired) electrons. The Bertz CT molecular complexity index is 1480. The highest BCUT2D eigenvalue weighted by atomic mass is 32.2. The fourth-order valence-electron chi connectivity index (χ4n) is 5.58. The predicted octanol–water partition coefficient (Wildman–Crippen LogP) is 5.68. The van der Waals surface area contributed by atoms with Crippen LogP contribution in [0.2, 0.25) is 0 Å². The molecule has 1 amide bonds. The van der Waals surface area contributed by atoms with E-state index in [9.17, 15) is 13.7 Å². The lowest BCUT2D eigenvalue weighted by molar-refractivity contribution is -0.121. The average Bonchev–Trinajstić information content (AvgIpc) is 3.19. The Balaban J connectivity index is 1.24. The van der Waals surface area contributed by atoms with Crippen LogP contribution in [0.4, 0.5) is 16.2 Å². The van der Waals surface area contributed by atoms with Gasteiger partial charge in [0.2, 0.25) is 11.9 Å². The van der Waals surface area contributed by atoms with Crippen molar-refractivity contribution in [2.75, 3.05) is 30.6 Å². The first-order chi connectivity index (χ1) is 19.7. The average molecular weight is 574 g/mol. The molecule has 2 aliphatic rings. The summed E-state index contributed by atoms with van der Waals surface area (Å²) in [6, 6.07) is 14.6. The minimum absolute atomic E-state index is 0.0518. The molecule has 0 aliphatic heterocycles. The first-order valence-corrected chi connectivity index (χ1v) is 15.5. The van der Waals surface area contributed by atoms with Gasteiger partial charge in [0, 0.05) is 32.4 Å². The van der Waals surface area contributed by atoms with E-state index in [1.807, 2.05) is 62.3 Å². The number of nitrogens with one attached hydrogen (secondary N) is 2. The number of allylic oxidation sites excluding steroid dienone is 2. The molecule has 1 aromatic heterocycles. The number of rotatable bonds is 8. The summed E-state index contributed by atoms with van der Waals surface area (Å²) in [5.41, 5.74) is 5.43. The van der Waals surface area contributed by atoms with E-state index in [0.29, 0.717) is 5.95 Å². The second-order valence-corrected chi connectivity index (χ2v) is 12.3. The smallest absolute Gasteiger partial charge is 0.224 e. The molecule has 9 heteroatoms. The van der Waals surface area contributed by atoms with Crippen LogP contribution in [-0.2, 0) is 16.0 Å². The molecule has 5 rings (SSSR count). The Kier molecular flexibility index (Phi) is 8.75. The van der Waals surface area contributed by atoms with E-state index in [1.165, 1.54) is 12.1 Å². The highest BCUT2D eigenvalue weighted by Gasteiger charge is 2.28. The summed E-state index contributed by atoms with van der Waals surface area (Å²) >= 11 is -1.04. The van der Waals surface area contributed by atoms with Crippen molar-refractivity contribution in [3.8, 4) is 0 Å². The molecule has 1 heterocycles. The zero-order valence-electron chi connectivity index (χ0n) is 23.9. The molecule has 2 N–H and O–H groups in total. The second-order valence-electron chi connectivity index (χ2n) is 10.9. The Morgan fingerprint density at radius 1 is 1.07 bits per heavy atom. The number of benzene rings is 2. The van der Waals surface area contributed by atoms with Crippen molar-refractivity contribution in [3.05, 3.63) is 82.8 Å². The maximum atomic E-state index is 14.3. The van der Waals surface area contributed by atoms with Gasteiger partial charge < -0.3 is 20.1 Å². The SMILES string of the molecule is CC1=C(CC(=O)N[C@H]2CC[C@@H](Nc3nccc(N(C)C)n3)CC2)c2cc(F)ccc2/C1=C/c1ccc([S+](C)[O-])cc1. The maximum absolute atomic E-state index is 14.3. The number of anilines is 2. The summed E-state index contributed by atoms with van der Waals surface area (Å²) in [6.45, 7) is 1.99. The van der Waals surface area contributed by atoms with Crippen LogP contribution in [-0.4, -0.2) is 52.9 Å². The molecule has 0 spiro atoms. The summed E-state index contributed by atoms with van der Waals surface area (Å²) in [6.07, 6.45) is 9.20. The molecule has 2 aromatic carbocycles. The van der Waals surface area contributed by atoms with E-state index in [2.05, 4.69) is 20.6 Å². The van der Waals surface area contributed by atoms with Crippen molar-refractivity contribution in [2.24, 2.45) is 0 Å². The molecule has 3 aromatic rings. The molecule has 41 heavy (non-hydrogen) atoms. The van der Waals surface area contributed by atoms with Crippen LogP contribution in [0, 0.1) is 5.82 Å². The van der Waals surface area contributed by atoms with Crippen LogP contribution >= 0.6 is 0 Å². The first-order valence-electron chi connectivity index (χ1n) is 13.9. The second kappa shape index (κ2) is 12.4. The number of hydrogen-bond donors (Lipinski definition) is 2. The number of amides is 1. The number of fused-ring (bicyclic) bond motifs is 1. The normalized spacial score (nSPS) is 20.1. The van der Waals surface area contributed by atoms with E-state index in [0.717, 1.165) is 69.8 Å². The van der Waals surface area contributed by atoms with Gasteiger partial charge in [-0.2, -0.15) is 4.98 Å². The van der Waals surface area contributed by atoms with Crippen molar-refractivity contribution in [2.45, 2.75) is 56.0 Å². The van der Waals surface area contributed by atoms with Gasteiger partial charge in [-0.15, -0.1) is 0 Å². The molecule has 2 aliphatic carbocycles. The van der Waals surface area contributed by atoms with E-state index in [-0.39, 0.29) is 30.2 Å². The van der Waals surface area contributed by atoms with Gasteiger partial charge in [0.1, 0.15) is 17.9 Å². The number of carbonyl (C=O) groups excluding carboxylic acids is 1. The number of halogens is 1. The molecular formula is C32H36FN5O2S. The highest BCUT2D eigenvalue weighted by molar-refractivity contribution is 7.90. The lowest BCUT2D eigenvalue weighted by Gasteiger charge is -2.30. The Labute approximate surface area is 244 Å². The van der Waals surface area contributed by atoms with Gasteiger partial charge >= 0.3 is 0 Å². The summed E-state index contributed by atoms with van der Waals surface area (Å²) in [4.78, 5) is 24.8. The van der Waals surface area contributed by atoms with Crippen LogP contribution in [0.1, 0.15) is 55.7 Å². The third-order valence-electron chi connectivity index (χ3n) is 7.84. The minimum atomic E-state index is -1.04. The summed E-state index contributed by atoms with van der Waals surface area (Å²) in [7, 11) is 3.90. The fraction of sp³-hybridized carbons (Fsp3) is 0.344. The van der Waals surface area contributed by atoms with Gasteiger partial charge in [-0.3, -0.25) is 4.79 Å². The number of nitrogens with zero attached hydrogens (tertiary/aromatic N) is 3. The van der Waals surface area contributed by atoms with Crippen molar-refractivity contribution >= 4 is 46.1 Å². The van der Waals surface area contributed by atoms with Crippen molar-refractivity contribution in [1.82, 2.24) is 15.3 Å². The lowest BCUT2D eigenvalue weighted by Crippen LogP contribution is -2.40. The van der Waals surface area contributed by atoms with Gasteiger partial charge in [-0.05, 0) is 126 Å². The molecule has 1 fully saturated rings. The Hall–Kier alpha value is -3.69. The largest absolute Gasteiger partial charge is 0.612 e. The zero-order chi connectivity index (χ0) is 29.1. The topological polar surface area (TPSA) is 93.2 Å². The van der Waals surface area contributed by atoms with Crippen LogP contribution in [0.15, 0.2) is 65.2 Å². The van der Waals surface area contributed by atoms with Crippen molar-refractivity contribution in [1.29, 1.82) is 0 Å². The lowest BCUT2D eigenvalue weighted by atomic mass is 9.91. The van der Waals surface area contributed by atoms with E-state index in [1.54, 1.807) is 18.5 Å². The van der Waals surface area contributed by atoms with Gasteiger partial charge in [0.05, 0.1) is 6.42 Å². The van der Waals surface area contributed by atoms with E-state index >= 15 is 0 Å². The summed E-state index contributed by atoms with van der Waals surface area (Å²) in [5.74, 6) is 1.10. The zero-order valence-corrected chi connectivity index (χ0v) is 24.7. The van der Waals surface area contributed by atoms with Crippen LogP contribution in [0.3, 0.4) is 0 Å². The van der Waals surface area contributed by atoms with Gasteiger partial charge in [0.25, 0.3) is 0 Å². The standard InChI is InChI=1S/C32H36FN5O2S/c1-20-27(17-21-5-12-25(13-6-21)41(4)40)26-14-7-22(33)18-29(26)28(20)19-31(39)35-23-8-10-24(11-9-23)36-32-34-16-15-30(37-32)38(2)3/h5-7,12-18,23-24H,8-11,19H2,1-4H3,(H,35,39)(H,34,36,37)/b27-17+/t23-,24+,41?. The molecular weight excluding hydrogens is 537 g/mol. The van der Waals surface area contributed by atoms with Gasteiger partial charge in [0.15, 0.2) is 4.90 Å². The van der Waals surface area contributed by atoms with E-state index in [4.69, 9.17) is 0 Å². The Morgan fingerprint density at radius 3 is 2.46 bits per heavy atom. The van der Waals surface area contributed by atoms with Crippen molar-refractivity contribution in [3.63, 3.8) is 0 Å². The quantitative estimate of drug-likeness (QED) is 0.337.